The number of rotatable bonds is 3. The minimum Gasteiger partial charge on any atom is -0.506 e. The molecule has 2 rings (SSSR count). The fourth-order valence-electron chi connectivity index (χ4n) is 1.64. The molecule has 0 aliphatic carbocycles. The van der Waals surface area contributed by atoms with Crippen LogP contribution in [0.3, 0.4) is 0 Å². The number of hydrogen-bond donors (Lipinski definition) is 1. The second-order valence-corrected chi connectivity index (χ2v) is 3.96. The molecule has 1 N–H and O–H groups in total. The van der Waals surface area contributed by atoms with E-state index in [9.17, 15) is 14.7 Å². The van der Waals surface area contributed by atoms with Crippen molar-refractivity contribution >= 4 is 11.8 Å². The van der Waals surface area contributed by atoms with Gasteiger partial charge >= 0.3 is 5.97 Å². The molecule has 19 heavy (non-hydrogen) atoms. The monoisotopic (exact) mass is 256 g/mol. The Morgan fingerprint density at radius 2 is 1.58 bits per heavy atom. The molecule has 0 unspecified atom stereocenters. The molecule has 0 heterocycles. The van der Waals surface area contributed by atoms with E-state index in [-0.39, 0.29) is 22.7 Å². The first-order valence-electron chi connectivity index (χ1n) is 5.69. The van der Waals surface area contributed by atoms with Crippen LogP contribution in [-0.4, -0.2) is 16.9 Å². The predicted molar refractivity (Wildman–Crippen MR) is 69.5 cm³/mol. The molecule has 2 aromatic rings. The fraction of sp³-hybridized carbons (Fsp3) is 0.0667. The molecule has 0 radical (unpaired) electrons. The zero-order valence-corrected chi connectivity index (χ0v) is 10.3. The average molecular weight is 256 g/mol. The summed E-state index contributed by atoms with van der Waals surface area (Å²) in [5.41, 5.74) is 0.0686. The van der Waals surface area contributed by atoms with Crippen molar-refractivity contribution in [1.29, 1.82) is 0 Å². The summed E-state index contributed by atoms with van der Waals surface area (Å²) in [6.07, 6.45) is 0. The molecule has 0 saturated heterocycles. The smallest absolute Gasteiger partial charge is 0.347 e. The zero-order valence-electron chi connectivity index (χ0n) is 10.3. The quantitative estimate of drug-likeness (QED) is 0.521. The first kappa shape index (κ1) is 12.8. The van der Waals surface area contributed by atoms with Crippen molar-refractivity contribution in [3.8, 4) is 11.5 Å². The van der Waals surface area contributed by atoms with Crippen LogP contribution in [-0.2, 0) is 0 Å². The normalized spacial score (nSPS) is 9.95. The summed E-state index contributed by atoms with van der Waals surface area (Å²) < 4.78 is 5.11. The zero-order chi connectivity index (χ0) is 13.8. The summed E-state index contributed by atoms with van der Waals surface area (Å²) in [7, 11) is 0. The second kappa shape index (κ2) is 5.35. The van der Waals surface area contributed by atoms with Gasteiger partial charge in [0.05, 0.1) is 5.56 Å². The molecule has 96 valence electrons. The van der Waals surface area contributed by atoms with Crippen molar-refractivity contribution in [3.63, 3.8) is 0 Å². The highest BCUT2D eigenvalue weighted by atomic mass is 16.5. The summed E-state index contributed by atoms with van der Waals surface area (Å²) in [6, 6.07) is 12.9. The number of hydrogen-bond acceptors (Lipinski definition) is 4. The van der Waals surface area contributed by atoms with E-state index >= 15 is 0 Å². The van der Waals surface area contributed by atoms with Crippen LogP contribution in [0.4, 0.5) is 0 Å². The molecule has 2 aromatic carbocycles. The number of para-hydroxylation sites is 2. The summed E-state index contributed by atoms with van der Waals surface area (Å²) in [6.45, 7) is 1.32. The van der Waals surface area contributed by atoms with E-state index in [1.54, 1.807) is 30.3 Å². The molecule has 0 aliphatic rings. The van der Waals surface area contributed by atoms with E-state index < -0.39 is 5.97 Å². The van der Waals surface area contributed by atoms with E-state index in [4.69, 9.17) is 4.74 Å². The number of phenolic OH excluding ortho intramolecular Hbond substituents is 1. The van der Waals surface area contributed by atoms with Crippen LogP contribution >= 0.6 is 0 Å². The van der Waals surface area contributed by atoms with Crippen molar-refractivity contribution in [2.75, 3.05) is 0 Å². The van der Waals surface area contributed by atoms with Crippen LogP contribution in [0, 0.1) is 0 Å². The van der Waals surface area contributed by atoms with E-state index in [1.165, 1.54) is 25.1 Å². The molecule has 0 saturated carbocycles. The fourth-order valence-corrected chi connectivity index (χ4v) is 1.64. The van der Waals surface area contributed by atoms with Crippen LogP contribution in [0.5, 0.6) is 11.5 Å². The molecule has 0 aliphatic heterocycles. The highest BCUT2D eigenvalue weighted by molar-refractivity contribution is 6.02. The van der Waals surface area contributed by atoms with Crippen LogP contribution in [0.1, 0.15) is 27.6 Å². The van der Waals surface area contributed by atoms with Gasteiger partial charge in [0, 0.05) is 0 Å². The summed E-state index contributed by atoms with van der Waals surface area (Å²) in [5.74, 6) is -0.991. The maximum atomic E-state index is 11.9. The molecular weight excluding hydrogens is 244 g/mol. The van der Waals surface area contributed by atoms with Gasteiger partial charge in [-0.1, -0.05) is 24.3 Å². The van der Waals surface area contributed by atoms with Gasteiger partial charge in [0.1, 0.15) is 17.1 Å². The lowest BCUT2D eigenvalue weighted by atomic mass is 10.1. The number of Topliss-reactive ketones (excluding diaryl/α,β-unsaturated/α-hetero) is 1. The van der Waals surface area contributed by atoms with Crippen molar-refractivity contribution in [2.24, 2.45) is 0 Å². The van der Waals surface area contributed by atoms with Crippen molar-refractivity contribution in [1.82, 2.24) is 0 Å². The highest BCUT2D eigenvalue weighted by Crippen LogP contribution is 2.24. The third kappa shape index (κ3) is 2.80. The van der Waals surface area contributed by atoms with Gasteiger partial charge < -0.3 is 9.84 Å². The van der Waals surface area contributed by atoms with Gasteiger partial charge in [-0.3, -0.25) is 4.79 Å². The maximum absolute atomic E-state index is 11.9. The van der Waals surface area contributed by atoms with Gasteiger partial charge in [-0.05, 0) is 31.2 Å². The Bertz CT molecular complexity index is 617. The van der Waals surface area contributed by atoms with Gasteiger partial charge in [-0.25, -0.2) is 4.79 Å². The molecule has 0 spiro atoms. The third-order valence-corrected chi connectivity index (χ3v) is 2.59. The van der Waals surface area contributed by atoms with Gasteiger partial charge in [0.2, 0.25) is 0 Å². The Hall–Kier alpha value is -2.62. The van der Waals surface area contributed by atoms with E-state index in [2.05, 4.69) is 0 Å². The van der Waals surface area contributed by atoms with Gasteiger partial charge in [-0.2, -0.15) is 0 Å². The van der Waals surface area contributed by atoms with E-state index in [0.29, 0.717) is 5.75 Å². The summed E-state index contributed by atoms with van der Waals surface area (Å²) in [5, 5.41) is 9.89. The van der Waals surface area contributed by atoms with Crippen LogP contribution in [0.25, 0.3) is 0 Å². The van der Waals surface area contributed by atoms with Crippen LogP contribution in [0.2, 0.25) is 0 Å². The Labute approximate surface area is 110 Å². The number of carbonyl (C=O) groups is 2. The first-order valence-corrected chi connectivity index (χ1v) is 5.69. The predicted octanol–water partition coefficient (Wildman–Crippen LogP) is 2.81. The second-order valence-electron chi connectivity index (χ2n) is 3.96. The van der Waals surface area contributed by atoms with E-state index in [0.717, 1.165) is 0 Å². The third-order valence-electron chi connectivity index (χ3n) is 2.59. The molecular formula is C15H12O4. The Kier molecular flexibility index (Phi) is 3.61. The van der Waals surface area contributed by atoms with Gasteiger partial charge in [0.15, 0.2) is 5.78 Å². The first-order chi connectivity index (χ1) is 9.09. The summed E-state index contributed by atoms with van der Waals surface area (Å²) in [4.78, 5) is 23.2. The Morgan fingerprint density at radius 1 is 0.947 bits per heavy atom. The van der Waals surface area contributed by atoms with Crippen LogP contribution < -0.4 is 4.74 Å². The topological polar surface area (TPSA) is 63.6 Å². The largest absolute Gasteiger partial charge is 0.506 e. The lowest BCUT2D eigenvalue weighted by Crippen LogP contribution is -2.10. The number of esters is 1. The Balaban J connectivity index is 2.30. The number of carbonyl (C=O) groups excluding carboxylic acids is 2. The molecule has 0 amide bonds. The van der Waals surface area contributed by atoms with Gasteiger partial charge in [-0.15, -0.1) is 0 Å². The molecule has 4 heteroatoms. The lowest BCUT2D eigenvalue weighted by Gasteiger charge is -2.07. The number of benzene rings is 2. The summed E-state index contributed by atoms with van der Waals surface area (Å²) >= 11 is 0. The molecule has 0 atom stereocenters. The standard InChI is InChI=1S/C15H12O4/c1-10(16)12-8-5-9-13(14(12)17)15(18)19-11-6-3-2-4-7-11/h2-9,17H,1H3. The van der Waals surface area contributed by atoms with Crippen LogP contribution in [0.15, 0.2) is 48.5 Å². The van der Waals surface area contributed by atoms with Gasteiger partial charge in [0.25, 0.3) is 0 Å². The number of phenols is 1. The Morgan fingerprint density at radius 3 is 2.21 bits per heavy atom. The van der Waals surface area contributed by atoms with Crippen molar-refractivity contribution < 1.29 is 19.4 Å². The molecule has 0 fully saturated rings. The SMILES string of the molecule is CC(=O)c1cccc(C(=O)Oc2ccccc2)c1O. The van der Waals surface area contributed by atoms with Crippen molar-refractivity contribution in [3.05, 3.63) is 59.7 Å². The minimum absolute atomic E-state index is 0.0310. The molecule has 0 aromatic heterocycles. The van der Waals surface area contributed by atoms with E-state index in [1.807, 2.05) is 0 Å². The average Bonchev–Trinajstić information content (AvgIpc) is 2.39. The lowest BCUT2D eigenvalue weighted by molar-refractivity contribution is 0.0731. The minimum atomic E-state index is -0.702. The molecule has 4 nitrogen and oxygen atoms in total. The number of ether oxygens (including phenoxy) is 1. The van der Waals surface area contributed by atoms with Crippen molar-refractivity contribution in [2.45, 2.75) is 6.92 Å². The molecule has 0 bridgehead atoms. The maximum Gasteiger partial charge on any atom is 0.347 e. The number of ketones is 1. The number of aromatic hydroxyl groups is 1. The highest BCUT2D eigenvalue weighted by Gasteiger charge is 2.17.